The lowest BCUT2D eigenvalue weighted by Crippen LogP contribution is -2.54. The van der Waals surface area contributed by atoms with Gasteiger partial charge in [-0.1, -0.05) is 55.5 Å². The monoisotopic (exact) mass is 929 g/mol. The number of ether oxygens (including phenoxy) is 4. The highest BCUT2D eigenvalue weighted by molar-refractivity contribution is 7.89. The first-order valence-corrected chi connectivity index (χ1v) is 24.1. The molecule has 4 heterocycles. The van der Waals surface area contributed by atoms with Gasteiger partial charge in [0.15, 0.2) is 0 Å². The highest BCUT2D eigenvalue weighted by atomic mass is 32.2. The average Bonchev–Trinajstić information content (AvgIpc) is 3.80. The number of nitrogens with one attached hydrogen (secondary N) is 1. The molecule has 1 atom stereocenters. The van der Waals surface area contributed by atoms with Gasteiger partial charge in [0.05, 0.1) is 56.5 Å². The van der Waals surface area contributed by atoms with Crippen LogP contribution in [0.25, 0.3) is 22.0 Å². The molecule has 0 radical (unpaired) electrons. The van der Waals surface area contributed by atoms with Crippen molar-refractivity contribution >= 4 is 67.5 Å². The zero-order valence-electron chi connectivity index (χ0n) is 36.5. The molecule has 65 heavy (non-hydrogen) atoms. The van der Waals surface area contributed by atoms with E-state index in [1.807, 2.05) is 31.2 Å². The second-order valence-corrected chi connectivity index (χ2v) is 18.8. The number of hydrogen-bond acceptors (Lipinski definition) is 12. The van der Waals surface area contributed by atoms with Crippen molar-refractivity contribution in [3.63, 3.8) is 0 Å². The molecule has 0 saturated carbocycles. The third-order valence-corrected chi connectivity index (χ3v) is 14.2. The Kier molecular flexibility index (Phi) is 15.9. The summed E-state index contributed by atoms with van der Waals surface area (Å²) in [6, 6.07) is 17.9. The topological polar surface area (TPSA) is 206 Å². The van der Waals surface area contributed by atoms with E-state index in [0.29, 0.717) is 70.0 Å². The lowest BCUT2D eigenvalue weighted by atomic mass is 10.00. The Morgan fingerprint density at radius 2 is 1.54 bits per heavy atom. The lowest BCUT2D eigenvalue weighted by molar-refractivity contribution is -0.136. The van der Waals surface area contributed by atoms with Gasteiger partial charge in [-0.15, -0.1) is 0 Å². The summed E-state index contributed by atoms with van der Waals surface area (Å²) in [5.41, 5.74) is 11.1. The molecule has 18 heteroatoms. The van der Waals surface area contributed by atoms with E-state index < -0.39 is 39.7 Å². The van der Waals surface area contributed by atoms with Crippen LogP contribution in [-0.4, -0.2) is 128 Å². The summed E-state index contributed by atoms with van der Waals surface area (Å²) in [6.45, 7) is 4.63. The van der Waals surface area contributed by atoms with Crippen molar-refractivity contribution in [3.8, 4) is 16.9 Å². The number of amides is 4. The van der Waals surface area contributed by atoms with Crippen LogP contribution in [0.4, 0.5) is 0 Å². The molecule has 3 aliphatic heterocycles. The first kappa shape index (κ1) is 47.6. The number of thiocarbonyl (C=S) groups is 1. The molecule has 0 spiro atoms. The molecule has 346 valence electrons. The van der Waals surface area contributed by atoms with Gasteiger partial charge < -0.3 is 29.2 Å². The summed E-state index contributed by atoms with van der Waals surface area (Å²) >= 11 is 5.26. The second-order valence-electron chi connectivity index (χ2n) is 16.3. The predicted molar refractivity (Wildman–Crippen MR) is 246 cm³/mol. The number of Topliss-reactive ketones (excluding diaryl/α,β-unsaturated/α-hetero) is 1. The number of nitrogens with two attached hydrogens (primary N) is 1. The minimum Gasteiger partial charge on any atom is -0.490 e. The van der Waals surface area contributed by atoms with Gasteiger partial charge in [-0.25, -0.2) is 12.7 Å². The van der Waals surface area contributed by atoms with Gasteiger partial charge in [-0.2, -0.15) is 0 Å². The Hall–Kier alpha value is -5.37. The number of imide groups is 2. The smallest absolute Gasteiger partial charge is 0.266 e. The summed E-state index contributed by atoms with van der Waals surface area (Å²) < 4.78 is 52.1. The van der Waals surface area contributed by atoms with E-state index >= 15 is 0 Å². The maximum Gasteiger partial charge on any atom is 0.266 e. The molecule has 2 fully saturated rings. The van der Waals surface area contributed by atoms with Crippen LogP contribution in [0.3, 0.4) is 0 Å². The number of aryl methyl sites for hydroxylation is 1. The van der Waals surface area contributed by atoms with Gasteiger partial charge in [-0.3, -0.25) is 34.2 Å². The van der Waals surface area contributed by atoms with Crippen molar-refractivity contribution < 1.29 is 51.3 Å². The van der Waals surface area contributed by atoms with Crippen LogP contribution >= 0.6 is 12.2 Å². The van der Waals surface area contributed by atoms with E-state index in [4.69, 9.17) is 36.9 Å². The normalized spacial score (nSPS) is 17.2. The number of piperidine rings is 2. The number of carbonyl (C=O) groups is 5. The minimum absolute atomic E-state index is 0.0345. The lowest BCUT2D eigenvalue weighted by Gasteiger charge is -2.32. The fourth-order valence-corrected chi connectivity index (χ4v) is 10.2. The molecule has 3 N–H and O–H groups in total. The Labute approximate surface area is 383 Å². The van der Waals surface area contributed by atoms with E-state index in [-0.39, 0.29) is 80.1 Å². The Balaban J connectivity index is 0.811. The van der Waals surface area contributed by atoms with Crippen LogP contribution in [0.2, 0.25) is 0 Å². The van der Waals surface area contributed by atoms with Gasteiger partial charge in [-0.05, 0) is 67.5 Å². The van der Waals surface area contributed by atoms with Crippen LogP contribution in [0.15, 0.2) is 66.9 Å². The van der Waals surface area contributed by atoms with Crippen LogP contribution in [0.5, 0.6) is 5.75 Å². The number of ketones is 1. The zero-order chi connectivity index (χ0) is 46.1. The SMILES string of the molecule is CCCS(=O)(=O)N1CCC(n2cc(-c3cccc(C(N)=S)c3)c3ccc(CCC(=O)CCOCCOCCOCCOc4cccc5c4C(=O)N(C4CCC(=O)NC4=O)C5=O)cc32)CC1. The van der Waals surface area contributed by atoms with Gasteiger partial charge in [0.2, 0.25) is 21.8 Å². The highest BCUT2D eigenvalue weighted by Crippen LogP contribution is 2.37. The predicted octanol–water partition coefficient (Wildman–Crippen LogP) is 4.74. The maximum absolute atomic E-state index is 13.2. The number of hydrogen-bond donors (Lipinski definition) is 2. The molecular formula is C47H55N5O11S2. The Morgan fingerprint density at radius 1 is 0.831 bits per heavy atom. The minimum atomic E-state index is -3.27. The van der Waals surface area contributed by atoms with Gasteiger partial charge >= 0.3 is 0 Å². The maximum atomic E-state index is 13.2. The van der Waals surface area contributed by atoms with Crippen LogP contribution in [-0.2, 0) is 45.0 Å². The fourth-order valence-electron chi connectivity index (χ4n) is 8.56. The standard InChI is InChI=1S/C47H55N5O11S2/c1-2-27-65(58,59)50-18-15-34(16-19-50)51-30-38(32-5-3-6-33(29-32)44(48)64)36-12-10-31(28-40(36)51)9-11-35(53)17-20-60-21-22-61-23-24-62-25-26-63-41-8-4-7-37-43(41)47(57)52(46(37)56)39-13-14-42(54)49-45(39)55/h3-8,10,12,28-30,34,39H,2,9,11,13-27H2,1H3,(H2,48,64)(H,49,54,55). The largest absolute Gasteiger partial charge is 0.490 e. The highest BCUT2D eigenvalue weighted by Gasteiger charge is 2.46. The third-order valence-electron chi connectivity index (χ3n) is 11.9. The Morgan fingerprint density at radius 3 is 2.25 bits per heavy atom. The Bertz CT molecular complexity index is 2550. The molecule has 4 amide bonds. The van der Waals surface area contributed by atoms with E-state index in [9.17, 15) is 32.4 Å². The zero-order valence-corrected chi connectivity index (χ0v) is 38.1. The van der Waals surface area contributed by atoms with Crippen molar-refractivity contribution in [2.75, 3.05) is 65.1 Å². The summed E-state index contributed by atoms with van der Waals surface area (Å²) in [5, 5.41) is 3.24. The van der Waals surface area contributed by atoms with Crippen LogP contribution < -0.4 is 15.8 Å². The number of benzene rings is 3. The first-order chi connectivity index (χ1) is 31.4. The molecule has 3 aliphatic rings. The van der Waals surface area contributed by atoms with Gasteiger partial charge in [0.25, 0.3) is 11.8 Å². The van der Waals surface area contributed by atoms with Crippen LogP contribution in [0, 0.1) is 0 Å². The molecule has 4 aromatic rings. The summed E-state index contributed by atoms with van der Waals surface area (Å²) in [7, 11) is -3.27. The van der Waals surface area contributed by atoms with Crippen molar-refractivity contribution in [2.45, 2.75) is 70.4 Å². The molecule has 0 bridgehead atoms. The number of rotatable bonds is 23. The molecule has 16 nitrogen and oxygen atoms in total. The van der Waals surface area contributed by atoms with E-state index in [1.165, 1.54) is 6.07 Å². The van der Waals surface area contributed by atoms with Crippen molar-refractivity contribution in [1.82, 2.24) is 19.1 Å². The second kappa shape index (κ2) is 21.7. The number of nitrogens with zero attached hydrogens (tertiary/aromatic N) is 3. The summed E-state index contributed by atoms with van der Waals surface area (Å²) in [5.74, 6) is -1.91. The summed E-state index contributed by atoms with van der Waals surface area (Å²) in [6.07, 6.45) is 5.45. The van der Waals surface area contributed by atoms with Gasteiger partial charge in [0, 0.05) is 66.6 Å². The van der Waals surface area contributed by atoms with E-state index in [2.05, 4.69) is 34.3 Å². The molecule has 2 saturated heterocycles. The molecule has 1 unspecified atom stereocenters. The number of sulfonamides is 1. The van der Waals surface area contributed by atoms with Crippen molar-refractivity contribution in [1.29, 1.82) is 0 Å². The number of aromatic nitrogens is 1. The van der Waals surface area contributed by atoms with Gasteiger partial charge in [0.1, 0.15) is 29.2 Å². The average molecular weight is 930 g/mol. The van der Waals surface area contributed by atoms with Crippen molar-refractivity contribution in [3.05, 3.63) is 89.1 Å². The number of carbonyl (C=O) groups excluding carboxylic acids is 5. The first-order valence-electron chi connectivity index (χ1n) is 22.1. The quantitative estimate of drug-likeness (QED) is 0.0587. The summed E-state index contributed by atoms with van der Waals surface area (Å²) in [4.78, 5) is 64.3. The molecule has 1 aromatic heterocycles. The molecule has 3 aromatic carbocycles. The van der Waals surface area contributed by atoms with Crippen molar-refractivity contribution in [2.24, 2.45) is 5.73 Å². The van der Waals surface area contributed by atoms with Crippen LogP contribution in [0.1, 0.15) is 89.8 Å². The molecular weight excluding hydrogens is 875 g/mol. The van der Waals surface area contributed by atoms with E-state index in [1.54, 1.807) is 16.4 Å². The fraction of sp³-hybridized carbons (Fsp3) is 0.447. The molecule has 7 rings (SSSR count). The molecule has 0 aliphatic carbocycles. The van der Waals surface area contributed by atoms with E-state index in [0.717, 1.165) is 38.1 Å². The number of fused-ring (bicyclic) bond motifs is 2. The third kappa shape index (κ3) is 11.4.